The van der Waals surface area contributed by atoms with E-state index in [0.29, 0.717) is 13.2 Å². The number of benzene rings is 3. The van der Waals surface area contributed by atoms with Crippen LogP contribution >= 0.6 is 0 Å². The molecule has 3 nitrogen and oxygen atoms in total. The summed E-state index contributed by atoms with van der Waals surface area (Å²) in [5, 5.41) is 0. The van der Waals surface area contributed by atoms with Crippen molar-refractivity contribution < 1.29 is 9.47 Å². The third-order valence-electron chi connectivity index (χ3n) is 3.97. The Morgan fingerprint density at radius 3 is 2.38 bits per heavy atom. The highest BCUT2D eigenvalue weighted by Crippen LogP contribution is 2.29. The summed E-state index contributed by atoms with van der Waals surface area (Å²) in [7, 11) is 0. The Morgan fingerprint density at radius 1 is 0.846 bits per heavy atom. The van der Waals surface area contributed by atoms with E-state index in [1.54, 1.807) is 0 Å². The summed E-state index contributed by atoms with van der Waals surface area (Å²) in [6.07, 6.45) is 1.85. The van der Waals surface area contributed by atoms with Crippen LogP contribution < -0.4 is 9.47 Å². The van der Waals surface area contributed by atoms with Gasteiger partial charge in [0.25, 0.3) is 0 Å². The molecule has 0 atom stereocenters. The lowest BCUT2D eigenvalue weighted by Gasteiger charge is -2.12. The lowest BCUT2D eigenvalue weighted by Crippen LogP contribution is -2.00. The Labute approximate surface area is 154 Å². The SMILES string of the molecule is CCOc1cc(C=Nc2ccccc2C)ccc1OCc1ccccc1. The molecule has 132 valence electrons. The fourth-order valence-electron chi connectivity index (χ4n) is 2.58. The van der Waals surface area contributed by atoms with Crippen LogP contribution in [0.4, 0.5) is 5.69 Å². The van der Waals surface area contributed by atoms with Crippen molar-refractivity contribution in [1.29, 1.82) is 0 Å². The quantitative estimate of drug-likeness (QED) is 0.513. The zero-order valence-electron chi connectivity index (χ0n) is 15.2. The van der Waals surface area contributed by atoms with Crippen LogP contribution in [0.2, 0.25) is 0 Å². The van der Waals surface area contributed by atoms with Crippen LogP contribution in [0.3, 0.4) is 0 Å². The van der Waals surface area contributed by atoms with Crippen molar-refractivity contribution >= 4 is 11.9 Å². The molecule has 0 aliphatic heterocycles. The number of aliphatic imine (C=N–C) groups is 1. The van der Waals surface area contributed by atoms with Crippen molar-refractivity contribution in [3.8, 4) is 11.5 Å². The minimum Gasteiger partial charge on any atom is -0.490 e. The Morgan fingerprint density at radius 2 is 1.62 bits per heavy atom. The third-order valence-corrected chi connectivity index (χ3v) is 3.97. The van der Waals surface area contributed by atoms with Gasteiger partial charge in [-0.3, -0.25) is 4.99 Å². The largest absolute Gasteiger partial charge is 0.490 e. The van der Waals surface area contributed by atoms with Crippen LogP contribution in [-0.2, 0) is 6.61 Å². The molecule has 0 amide bonds. The van der Waals surface area contributed by atoms with Crippen molar-refractivity contribution in [1.82, 2.24) is 0 Å². The van der Waals surface area contributed by atoms with Crippen LogP contribution in [0.5, 0.6) is 11.5 Å². The molecule has 0 saturated carbocycles. The van der Waals surface area contributed by atoms with Gasteiger partial charge in [-0.25, -0.2) is 0 Å². The van der Waals surface area contributed by atoms with E-state index in [2.05, 4.69) is 18.0 Å². The molecule has 0 N–H and O–H groups in total. The normalized spacial score (nSPS) is 10.8. The summed E-state index contributed by atoms with van der Waals surface area (Å²) < 4.78 is 11.7. The summed E-state index contributed by atoms with van der Waals surface area (Å²) in [5.41, 5.74) is 4.22. The Kier molecular flexibility index (Phi) is 6.05. The summed E-state index contributed by atoms with van der Waals surface area (Å²) >= 11 is 0. The molecule has 3 rings (SSSR count). The first-order valence-corrected chi connectivity index (χ1v) is 8.79. The van der Waals surface area contributed by atoms with Gasteiger partial charge in [-0.05, 0) is 54.8 Å². The van der Waals surface area contributed by atoms with Gasteiger partial charge < -0.3 is 9.47 Å². The molecular weight excluding hydrogens is 322 g/mol. The van der Waals surface area contributed by atoms with Gasteiger partial charge in [0, 0.05) is 6.21 Å². The van der Waals surface area contributed by atoms with E-state index in [4.69, 9.17) is 9.47 Å². The molecule has 0 heterocycles. The maximum Gasteiger partial charge on any atom is 0.161 e. The lowest BCUT2D eigenvalue weighted by atomic mass is 10.2. The molecule has 0 aromatic heterocycles. The number of rotatable bonds is 7. The monoisotopic (exact) mass is 345 g/mol. The highest BCUT2D eigenvalue weighted by atomic mass is 16.5. The van der Waals surface area contributed by atoms with Crippen LogP contribution in [0.25, 0.3) is 0 Å². The predicted octanol–water partition coefficient (Wildman–Crippen LogP) is 5.72. The molecule has 0 aliphatic carbocycles. The number of hydrogen-bond acceptors (Lipinski definition) is 3. The molecular formula is C23H23NO2. The first-order valence-electron chi connectivity index (χ1n) is 8.79. The maximum atomic E-state index is 5.94. The second kappa shape index (κ2) is 8.86. The zero-order valence-corrected chi connectivity index (χ0v) is 15.2. The maximum absolute atomic E-state index is 5.94. The Hall–Kier alpha value is -3.07. The van der Waals surface area contributed by atoms with E-state index in [1.807, 2.05) is 79.9 Å². The standard InChI is InChI=1S/C23H23NO2/c1-3-25-23-15-20(16-24-21-12-8-7-9-18(21)2)13-14-22(23)26-17-19-10-5-4-6-11-19/h4-16H,3,17H2,1-2H3. The molecule has 0 saturated heterocycles. The van der Waals surface area contributed by atoms with E-state index in [0.717, 1.165) is 33.9 Å². The van der Waals surface area contributed by atoms with Crippen LogP contribution in [-0.4, -0.2) is 12.8 Å². The summed E-state index contributed by atoms with van der Waals surface area (Å²) in [5.74, 6) is 1.47. The lowest BCUT2D eigenvalue weighted by molar-refractivity contribution is 0.269. The second-order valence-corrected chi connectivity index (χ2v) is 5.96. The van der Waals surface area contributed by atoms with Gasteiger partial charge in [-0.15, -0.1) is 0 Å². The van der Waals surface area contributed by atoms with Gasteiger partial charge in [0.1, 0.15) is 6.61 Å². The number of aryl methyl sites for hydroxylation is 1. The van der Waals surface area contributed by atoms with Crippen molar-refractivity contribution in [3.63, 3.8) is 0 Å². The number of nitrogens with zero attached hydrogens (tertiary/aromatic N) is 1. The smallest absolute Gasteiger partial charge is 0.161 e. The highest BCUT2D eigenvalue weighted by molar-refractivity contribution is 5.83. The van der Waals surface area contributed by atoms with Crippen LogP contribution in [0, 0.1) is 6.92 Å². The topological polar surface area (TPSA) is 30.8 Å². The van der Waals surface area contributed by atoms with Crippen molar-refractivity contribution in [3.05, 3.63) is 89.5 Å². The van der Waals surface area contributed by atoms with E-state index in [-0.39, 0.29) is 0 Å². The van der Waals surface area contributed by atoms with Gasteiger partial charge in [0.05, 0.1) is 12.3 Å². The second-order valence-electron chi connectivity index (χ2n) is 5.96. The molecule has 0 radical (unpaired) electrons. The molecule has 26 heavy (non-hydrogen) atoms. The average molecular weight is 345 g/mol. The molecule has 0 spiro atoms. The third kappa shape index (κ3) is 4.73. The van der Waals surface area contributed by atoms with Gasteiger partial charge in [-0.2, -0.15) is 0 Å². The zero-order chi connectivity index (χ0) is 18.2. The van der Waals surface area contributed by atoms with Crippen LogP contribution in [0.15, 0.2) is 77.8 Å². The molecule has 0 unspecified atom stereocenters. The van der Waals surface area contributed by atoms with Crippen molar-refractivity contribution in [2.75, 3.05) is 6.61 Å². The first-order chi connectivity index (χ1) is 12.8. The fourth-order valence-corrected chi connectivity index (χ4v) is 2.58. The minimum atomic E-state index is 0.511. The highest BCUT2D eigenvalue weighted by Gasteiger charge is 2.06. The van der Waals surface area contributed by atoms with E-state index in [9.17, 15) is 0 Å². The Bertz CT molecular complexity index is 872. The molecule has 3 heteroatoms. The van der Waals surface area contributed by atoms with Gasteiger partial charge in [-0.1, -0.05) is 48.5 Å². The Balaban J connectivity index is 1.76. The minimum absolute atomic E-state index is 0.511. The number of hydrogen-bond donors (Lipinski definition) is 0. The molecule has 3 aromatic rings. The first kappa shape index (κ1) is 17.7. The average Bonchev–Trinajstić information content (AvgIpc) is 2.68. The predicted molar refractivity (Wildman–Crippen MR) is 107 cm³/mol. The number of ether oxygens (including phenoxy) is 2. The summed E-state index contributed by atoms with van der Waals surface area (Å²) in [6, 6.07) is 24.1. The molecule has 0 bridgehead atoms. The van der Waals surface area contributed by atoms with Crippen LogP contribution in [0.1, 0.15) is 23.6 Å². The van der Waals surface area contributed by atoms with E-state index in [1.165, 1.54) is 0 Å². The van der Waals surface area contributed by atoms with E-state index < -0.39 is 0 Å². The van der Waals surface area contributed by atoms with Gasteiger partial charge in [0.15, 0.2) is 11.5 Å². The molecule has 0 fully saturated rings. The number of para-hydroxylation sites is 1. The fraction of sp³-hybridized carbons (Fsp3) is 0.174. The molecule has 0 aliphatic rings. The van der Waals surface area contributed by atoms with Crippen molar-refractivity contribution in [2.45, 2.75) is 20.5 Å². The summed E-state index contributed by atoms with van der Waals surface area (Å²) in [4.78, 5) is 4.58. The van der Waals surface area contributed by atoms with Crippen molar-refractivity contribution in [2.24, 2.45) is 4.99 Å². The van der Waals surface area contributed by atoms with Gasteiger partial charge in [0.2, 0.25) is 0 Å². The van der Waals surface area contributed by atoms with E-state index >= 15 is 0 Å². The summed E-state index contributed by atoms with van der Waals surface area (Å²) in [6.45, 7) is 5.12. The van der Waals surface area contributed by atoms with Gasteiger partial charge >= 0.3 is 0 Å². The molecule has 3 aromatic carbocycles.